The van der Waals surface area contributed by atoms with Gasteiger partial charge < -0.3 is 0 Å². The van der Waals surface area contributed by atoms with Crippen molar-refractivity contribution in [3.8, 4) is 0 Å². The number of hydrogen-bond acceptors (Lipinski definition) is 2. The Morgan fingerprint density at radius 2 is 2.44 bits per heavy atom. The van der Waals surface area contributed by atoms with Gasteiger partial charge in [-0.2, -0.15) is 10.2 Å². The summed E-state index contributed by atoms with van der Waals surface area (Å²) in [5.74, 6) is 0. The van der Waals surface area contributed by atoms with Crippen LogP contribution in [0.25, 0.3) is 5.57 Å². The molecule has 0 aromatic carbocycles. The first-order valence-corrected chi connectivity index (χ1v) is 2.73. The molecule has 0 aliphatic carbocycles. The second-order valence-electron chi connectivity index (χ2n) is 1.91. The van der Waals surface area contributed by atoms with Crippen molar-refractivity contribution in [2.45, 2.75) is 6.92 Å². The maximum Gasteiger partial charge on any atom is 0.0571 e. The fraction of sp³-hybridized carbons (Fsp3) is 0.143. The van der Waals surface area contributed by atoms with Crippen molar-refractivity contribution >= 4 is 5.57 Å². The van der Waals surface area contributed by atoms with Crippen molar-refractivity contribution in [2.24, 2.45) is 0 Å². The summed E-state index contributed by atoms with van der Waals surface area (Å²) in [6, 6.07) is 1.88. The second-order valence-corrected chi connectivity index (χ2v) is 1.91. The number of hydrogen-bond donors (Lipinski definition) is 0. The van der Waals surface area contributed by atoms with Gasteiger partial charge in [-0.25, -0.2) is 0 Å². The molecule has 0 bridgehead atoms. The van der Waals surface area contributed by atoms with Crippen LogP contribution in [0.4, 0.5) is 0 Å². The topological polar surface area (TPSA) is 25.8 Å². The molecule has 0 radical (unpaired) electrons. The van der Waals surface area contributed by atoms with Crippen LogP contribution in [-0.2, 0) is 0 Å². The minimum Gasteiger partial charge on any atom is -0.159 e. The largest absolute Gasteiger partial charge is 0.159 e. The van der Waals surface area contributed by atoms with E-state index in [4.69, 9.17) is 0 Å². The van der Waals surface area contributed by atoms with E-state index < -0.39 is 0 Å². The lowest BCUT2D eigenvalue weighted by molar-refractivity contribution is 1.02. The van der Waals surface area contributed by atoms with E-state index in [1.165, 1.54) is 0 Å². The quantitative estimate of drug-likeness (QED) is 0.567. The Kier molecular flexibility index (Phi) is 1.58. The molecule has 0 N–H and O–H groups in total. The van der Waals surface area contributed by atoms with Crippen molar-refractivity contribution in [3.05, 3.63) is 30.6 Å². The minimum absolute atomic E-state index is 0. The molecule has 0 amide bonds. The first-order chi connectivity index (χ1) is 4.30. The summed E-state index contributed by atoms with van der Waals surface area (Å²) < 4.78 is 0. The van der Waals surface area contributed by atoms with E-state index in [1.54, 1.807) is 12.4 Å². The molecule has 2 nitrogen and oxygen atoms in total. The summed E-state index contributed by atoms with van der Waals surface area (Å²) in [6.45, 7) is 5.70. The number of rotatable bonds is 1. The smallest absolute Gasteiger partial charge is 0.0571 e. The molecule has 0 atom stereocenters. The molecule has 2 heteroatoms. The van der Waals surface area contributed by atoms with Gasteiger partial charge in [0.1, 0.15) is 0 Å². The van der Waals surface area contributed by atoms with E-state index >= 15 is 0 Å². The zero-order chi connectivity index (χ0) is 6.69. The van der Waals surface area contributed by atoms with Crippen molar-refractivity contribution < 1.29 is 1.43 Å². The van der Waals surface area contributed by atoms with Crippen molar-refractivity contribution in [2.75, 3.05) is 0 Å². The lowest BCUT2D eigenvalue weighted by Crippen LogP contribution is -1.81. The van der Waals surface area contributed by atoms with E-state index in [2.05, 4.69) is 16.8 Å². The third-order valence-electron chi connectivity index (χ3n) is 1.08. The second kappa shape index (κ2) is 2.40. The summed E-state index contributed by atoms with van der Waals surface area (Å²) in [4.78, 5) is 0. The van der Waals surface area contributed by atoms with Gasteiger partial charge in [-0.1, -0.05) is 6.58 Å². The highest BCUT2D eigenvalue weighted by molar-refractivity contribution is 5.59. The van der Waals surface area contributed by atoms with Gasteiger partial charge in [0.25, 0.3) is 0 Å². The Morgan fingerprint density at radius 1 is 1.67 bits per heavy atom. The number of allylic oxidation sites excluding steroid dienone is 1. The van der Waals surface area contributed by atoms with Crippen LogP contribution in [0.1, 0.15) is 13.9 Å². The van der Waals surface area contributed by atoms with Gasteiger partial charge in [0.15, 0.2) is 0 Å². The number of nitrogens with zero attached hydrogens (tertiary/aromatic N) is 2. The monoisotopic (exact) mass is 122 g/mol. The SMILES string of the molecule is C=C(C)c1ccnnc1.[HH]. The van der Waals surface area contributed by atoms with Gasteiger partial charge >= 0.3 is 0 Å². The molecule has 0 unspecified atom stereocenters. The Bertz CT molecular complexity index is 208. The van der Waals surface area contributed by atoms with Crippen molar-refractivity contribution in [1.82, 2.24) is 10.2 Å². The van der Waals surface area contributed by atoms with E-state index in [1.807, 2.05) is 13.0 Å². The average molecular weight is 122 g/mol. The summed E-state index contributed by atoms with van der Waals surface area (Å²) in [7, 11) is 0. The zero-order valence-corrected chi connectivity index (χ0v) is 5.33. The summed E-state index contributed by atoms with van der Waals surface area (Å²) >= 11 is 0. The van der Waals surface area contributed by atoms with E-state index in [0.29, 0.717) is 0 Å². The van der Waals surface area contributed by atoms with Gasteiger partial charge in [-0.3, -0.25) is 0 Å². The van der Waals surface area contributed by atoms with Crippen LogP contribution in [0.2, 0.25) is 0 Å². The predicted molar refractivity (Wildman–Crippen MR) is 38.9 cm³/mol. The predicted octanol–water partition coefficient (Wildman–Crippen LogP) is 1.76. The number of aromatic nitrogens is 2. The van der Waals surface area contributed by atoms with Crippen LogP contribution in [-0.4, -0.2) is 10.2 Å². The first-order valence-electron chi connectivity index (χ1n) is 2.73. The van der Waals surface area contributed by atoms with Crippen LogP contribution >= 0.6 is 0 Å². The summed E-state index contributed by atoms with van der Waals surface area (Å²) in [5.41, 5.74) is 2.06. The van der Waals surface area contributed by atoms with E-state index in [-0.39, 0.29) is 1.43 Å². The summed E-state index contributed by atoms with van der Waals surface area (Å²) in [5, 5.41) is 7.33. The van der Waals surface area contributed by atoms with Crippen molar-refractivity contribution in [1.29, 1.82) is 0 Å². The average Bonchev–Trinajstić information content (AvgIpc) is 1.90. The standard InChI is InChI=1S/C7H8N2.H2/c1-6(2)7-3-4-8-9-5-7;/h3-5H,1H2,2H3;1H. The van der Waals surface area contributed by atoms with E-state index in [9.17, 15) is 0 Å². The van der Waals surface area contributed by atoms with Crippen LogP contribution in [0.3, 0.4) is 0 Å². The van der Waals surface area contributed by atoms with Gasteiger partial charge in [0.05, 0.1) is 12.4 Å². The normalized spacial score (nSPS) is 9.00. The van der Waals surface area contributed by atoms with Gasteiger partial charge in [0.2, 0.25) is 0 Å². The molecule has 0 saturated carbocycles. The van der Waals surface area contributed by atoms with Crippen LogP contribution < -0.4 is 0 Å². The molecular formula is C7H10N2. The maximum absolute atomic E-state index is 3.76. The lowest BCUT2D eigenvalue weighted by Gasteiger charge is -1.93. The summed E-state index contributed by atoms with van der Waals surface area (Å²) in [6.07, 6.45) is 3.35. The molecular weight excluding hydrogens is 112 g/mol. The molecule has 0 fully saturated rings. The lowest BCUT2D eigenvalue weighted by atomic mass is 10.2. The first kappa shape index (κ1) is 5.95. The highest BCUT2D eigenvalue weighted by Crippen LogP contribution is 2.05. The molecule has 48 valence electrons. The molecule has 0 spiro atoms. The third-order valence-corrected chi connectivity index (χ3v) is 1.08. The van der Waals surface area contributed by atoms with Gasteiger partial charge in [0, 0.05) is 1.43 Å². The Balaban J connectivity index is 0.000000810. The molecule has 1 aromatic rings. The highest BCUT2D eigenvalue weighted by Gasteiger charge is 1.88. The molecule has 9 heavy (non-hydrogen) atoms. The van der Waals surface area contributed by atoms with E-state index in [0.717, 1.165) is 11.1 Å². The zero-order valence-electron chi connectivity index (χ0n) is 5.33. The van der Waals surface area contributed by atoms with Crippen LogP contribution in [0.5, 0.6) is 0 Å². The Morgan fingerprint density at radius 3 is 2.78 bits per heavy atom. The molecule has 0 aliphatic heterocycles. The third kappa shape index (κ3) is 1.35. The Labute approximate surface area is 55.7 Å². The van der Waals surface area contributed by atoms with Gasteiger partial charge in [-0.15, -0.1) is 0 Å². The fourth-order valence-electron chi connectivity index (χ4n) is 0.543. The van der Waals surface area contributed by atoms with Crippen LogP contribution in [0.15, 0.2) is 25.0 Å². The van der Waals surface area contributed by atoms with Gasteiger partial charge in [-0.05, 0) is 24.1 Å². The fourth-order valence-corrected chi connectivity index (χ4v) is 0.543. The highest BCUT2D eigenvalue weighted by atomic mass is 15.1. The molecule has 1 rings (SSSR count). The molecule has 0 saturated heterocycles. The minimum atomic E-state index is 0. The van der Waals surface area contributed by atoms with Crippen LogP contribution in [0, 0.1) is 0 Å². The molecule has 0 aliphatic rings. The maximum atomic E-state index is 3.76. The molecule has 1 heterocycles. The van der Waals surface area contributed by atoms with Crippen molar-refractivity contribution in [3.63, 3.8) is 0 Å². The molecule has 1 aromatic heterocycles. The Hall–Kier alpha value is -1.18.